The number of H-pyrrole nitrogens is 1. The minimum atomic E-state index is -0.929. The summed E-state index contributed by atoms with van der Waals surface area (Å²) in [4.78, 5) is 16.7. The summed E-state index contributed by atoms with van der Waals surface area (Å²) in [5.74, 6) is 0.0811. The smallest absolute Gasteiger partial charge is 0.335 e. The first-order valence-corrected chi connectivity index (χ1v) is 14.2. The van der Waals surface area contributed by atoms with Crippen molar-refractivity contribution in [1.82, 2.24) is 14.8 Å². The molecule has 9 heteroatoms. The van der Waals surface area contributed by atoms with Gasteiger partial charge in [0.25, 0.3) is 0 Å². The van der Waals surface area contributed by atoms with Crippen molar-refractivity contribution in [2.24, 2.45) is 0 Å². The van der Waals surface area contributed by atoms with Crippen LogP contribution in [0.2, 0.25) is 10.0 Å². The van der Waals surface area contributed by atoms with Crippen molar-refractivity contribution in [3.63, 3.8) is 0 Å². The molecule has 2 heterocycles. The van der Waals surface area contributed by atoms with E-state index in [1.807, 2.05) is 36.7 Å². The van der Waals surface area contributed by atoms with Crippen LogP contribution in [0.4, 0.5) is 5.69 Å². The van der Waals surface area contributed by atoms with Crippen molar-refractivity contribution in [3.05, 3.63) is 105 Å². The second-order valence-corrected chi connectivity index (χ2v) is 11.3. The van der Waals surface area contributed by atoms with E-state index in [0.717, 1.165) is 57.7 Å². The fraction of sp³-hybridized carbons (Fsp3) is 0.250. The van der Waals surface area contributed by atoms with Crippen LogP contribution in [0.15, 0.2) is 67.0 Å². The molecule has 0 aliphatic rings. The molecule has 3 aromatic carbocycles. The van der Waals surface area contributed by atoms with Gasteiger partial charge in [-0.2, -0.15) is 5.10 Å². The van der Waals surface area contributed by atoms with Gasteiger partial charge in [-0.1, -0.05) is 49.2 Å². The minimum Gasteiger partial charge on any atom is -0.487 e. The second-order valence-electron chi connectivity index (χ2n) is 10.5. The number of carboxylic acid groups (broad SMARTS) is 1. The predicted octanol–water partition coefficient (Wildman–Crippen LogP) is 8.05. The van der Waals surface area contributed by atoms with E-state index in [1.165, 1.54) is 0 Å². The van der Waals surface area contributed by atoms with Gasteiger partial charge < -0.3 is 19.7 Å². The van der Waals surface area contributed by atoms with E-state index in [0.29, 0.717) is 22.3 Å². The number of ether oxygens (including phenoxy) is 1. The molecule has 0 unspecified atom stereocenters. The normalized spacial score (nSPS) is 11.4. The van der Waals surface area contributed by atoms with Gasteiger partial charge in [-0.05, 0) is 78.4 Å². The van der Waals surface area contributed by atoms with Gasteiger partial charge in [0.1, 0.15) is 18.0 Å². The average molecular weight is 592 g/mol. The number of hydrogen-bond acceptors (Lipinski definition) is 4. The largest absolute Gasteiger partial charge is 0.487 e. The molecule has 0 atom stereocenters. The van der Waals surface area contributed by atoms with Crippen molar-refractivity contribution in [2.75, 3.05) is 18.5 Å². The summed E-state index contributed by atoms with van der Waals surface area (Å²) < 4.78 is 8.06. The number of benzene rings is 3. The molecule has 2 aromatic heterocycles. The zero-order chi connectivity index (χ0) is 29.3. The number of fused-ring (bicyclic) bond motifs is 1. The van der Waals surface area contributed by atoms with Gasteiger partial charge in [-0.15, -0.1) is 0 Å². The quantitative estimate of drug-likeness (QED) is 0.172. The maximum Gasteiger partial charge on any atom is 0.335 e. The third kappa shape index (κ3) is 5.92. The summed E-state index contributed by atoms with van der Waals surface area (Å²) in [5.41, 5.74) is 7.10. The monoisotopic (exact) mass is 590 g/mol. The van der Waals surface area contributed by atoms with Gasteiger partial charge >= 0.3 is 5.97 Å². The summed E-state index contributed by atoms with van der Waals surface area (Å²) in [5, 5.41) is 15.9. The first-order chi connectivity index (χ1) is 19.6. The molecule has 5 aromatic rings. The summed E-state index contributed by atoms with van der Waals surface area (Å²) in [6, 6.07) is 16.7. The summed E-state index contributed by atoms with van der Waals surface area (Å²) in [6.45, 7) is 7.43. The number of carboxylic acids is 1. The van der Waals surface area contributed by atoms with Crippen molar-refractivity contribution in [1.29, 1.82) is 0 Å². The van der Waals surface area contributed by atoms with E-state index in [4.69, 9.17) is 27.9 Å². The molecule has 0 bridgehead atoms. The maximum atomic E-state index is 11.3. The molecule has 0 radical (unpaired) electrons. The Morgan fingerprint density at radius 2 is 1.88 bits per heavy atom. The Hall–Kier alpha value is -3.94. The first kappa shape index (κ1) is 28.6. The van der Waals surface area contributed by atoms with Crippen molar-refractivity contribution < 1.29 is 14.6 Å². The van der Waals surface area contributed by atoms with E-state index < -0.39 is 5.97 Å². The lowest BCUT2D eigenvalue weighted by Crippen LogP contribution is -2.21. The van der Waals surface area contributed by atoms with Gasteiger partial charge in [0, 0.05) is 36.4 Å². The van der Waals surface area contributed by atoms with Gasteiger partial charge in [-0.25, -0.2) is 9.48 Å². The molecule has 5 rings (SSSR count). The highest BCUT2D eigenvalue weighted by molar-refractivity contribution is 6.37. The number of likely N-dealkylation sites (N-methyl/N-ethyl adjacent to an activating group) is 1. The average Bonchev–Trinajstić information content (AvgIpc) is 3.54. The van der Waals surface area contributed by atoms with E-state index in [9.17, 15) is 9.90 Å². The second kappa shape index (κ2) is 11.9. The van der Waals surface area contributed by atoms with E-state index >= 15 is 0 Å². The number of nitrogens with zero attached hydrogens (tertiary/aromatic N) is 3. The Morgan fingerprint density at radius 1 is 1.12 bits per heavy atom. The highest BCUT2D eigenvalue weighted by Gasteiger charge is 2.19. The third-order valence-corrected chi connectivity index (χ3v) is 7.97. The lowest BCUT2D eigenvalue weighted by Gasteiger charge is -2.22. The fourth-order valence-electron chi connectivity index (χ4n) is 5.13. The van der Waals surface area contributed by atoms with Crippen LogP contribution in [-0.2, 0) is 13.0 Å². The zero-order valence-corrected chi connectivity index (χ0v) is 24.9. The summed E-state index contributed by atoms with van der Waals surface area (Å²) in [6.07, 6.45) is 4.62. The topological polar surface area (TPSA) is 83.4 Å². The maximum absolute atomic E-state index is 11.3. The van der Waals surface area contributed by atoms with Gasteiger partial charge in [0.15, 0.2) is 0 Å². The Labute approximate surface area is 249 Å². The molecule has 0 amide bonds. The number of halogens is 2. The number of nitrogens with one attached hydrogen (secondary N) is 1. The lowest BCUT2D eigenvalue weighted by molar-refractivity contribution is 0.0697. The van der Waals surface area contributed by atoms with E-state index in [2.05, 4.69) is 48.9 Å². The first-order valence-electron chi connectivity index (χ1n) is 13.4. The van der Waals surface area contributed by atoms with Crippen molar-refractivity contribution >= 4 is 45.8 Å². The van der Waals surface area contributed by atoms with Crippen LogP contribution in [0, 0.1) is 6.92 Å². The number of para-hydroxylation sites is 1. The summed E-state index contributed by atoms with van der Waals surface area (Å²) in [7, 11) is 2.07. The Balaban J connectivity index is 1.29. The van der Waals surface area contributed by atoms with Crippen LogP contribution in [0.3, 0.4) is 0 Å². The number of rotatable bonds is 10. The summed E-state index contributed by atoms with van der Waals surface area (Å²) >= 11 is 13.0. The van der Waals surface area contributed by atoms with Crippen molar-refractivity contribution in [3.8, 4) is 11.4 Å². The number of aryl methyl sites for hydroxylation is 1. The molecular weight excluding hydrogens is 559 g/mol. The standard InChI is InChI=1S/C32H32Cl2N4O3/c1-19(2)25-17-36-38(31-26(33)6-5-7-27(31)34)30(25)18-41-23-9-11-29(20(3)14-23)37(4)13-12-22-16-35-28-15-21(32(39)40)8-10-24(22)28/h5-11,14-17,19,35H,12-13,18H2,1-4H3,(H,39,40). The van der Waals surface area contributed by atoms with Crippen LogP contribution in [0.1, 0.15) is 52.5 Å². The van der Waals surface area contributed by atoms with Gasteiger partial charge in [0.05, 0.1) is 27.5 Å². The highest BCUT2D eigenvalue weighted by Crippen LogP contribution is 2.32. The highest BCUT2D eigenvalue weighted by atomic mass is 35.5. The van der Waals surface area contributed by atoms with Crippen LogP contribution in [0.25, 0.3) is 16.6 Å². The molecule has 0 fully saturated rings. The van der Waals surface area contributed by atoms with E-state index in [1.54, 1.807) is 28.9 Å². The van der Waals surface area contributed by atoms with Crippen LogP contribution >= 0.6 is 23.2 Å². The van der Waals surface area contributed by atoms with Crippen LogP contribution in [-0.4, -0.2) is 39.4 Å². The predicted molar refractivity (Wildman–Crippen MR) is 165 cm³/mol. The van der Waals surface area contributed by atoms with Crippen LogP contribution < -0.4 is 9.64 Å². The molecule has 0 aliphatic carbocycles. The Kier molecular flexibility index (Phi) is 8.29. The van der Waals surface area contributed by atoms with Gasteiger partial charge in [-0.3, -0.25) is 0 Å². The number of aromatic nitrogens is 3. The molecule has 0 aliphatic heterocycles. The van der Waals surface area contributed by atoms with Gasteiger partial charge in [0.2, 0.25) is 0 Å². The molecule has 0 spiro atoms. The van der Waals surface area contributed by atoms with Crippen molar-refractivity contribution in [2.45, 2.75) is 39.7 Å². The number of carbonyl (C=O) groups is 1. The van der Waals surface area contributed by atoms with E-state index in [-0.39, 0.29) is 11.5 Å². The number of hydrogen-bond donors (Lipinski definition) is 2. The zero-order valence-electron chi connectivity index (χ0n) is 23.4. The number of aromatic carboxylic acids is 1. The fourth-order valence-corrected chi connectivity index (χ4v) is 5.69. The Bertz CT molecular complexity index is 1700. The molecule has 212 valence electrons. The number of aromatic amines is 1. The molecule has 0 saturated heterocycles. The number of anilines is 1. The third-order valence-electron chi connectivity index (χ3n) is 7.36. The Morgan fingerprint density at radius 3 is 2.56 bits per heavy atom. The SMILES string of the molecule is Cc1cc(OCc2c(C(C)C)cnn2-c2c(Cl)cccc2Cl)ccc1N(C)CCc1c[nH]c2cc(C(=O)O)ccc12. The molecule has 2 N–H and O–H groups in total. The molecule has 0 saturated carbocycles. The molecule has 7 nitrogen and oxygen atoms in total. The minimum absolute atomic E-state index is 0.248. The lowest BCUT2D eigenvalue weighted by atomic mass is 10.0. The molecular formula is C32H32Cl2N4O3. The van der Waals surface area contributed by atoms with Crippen LogP contribution in [0.5, 0.6) is 5.75 Å². The molecule has 41 heavy (non-hydrogen) atoms.